The molecule has 5 nitrogen and oxygen atoms in total. The van der Waals surface area contributed by atoms with Crippen LogP contribution in [0.1, 0.15) is 17.3 Å². The molecule has 1 atom stereocenters. The molecule has 0 spiro atoms. The molecule has 0 aromatic carbocycles. The standard InChI is InChI=1S/C9H18N4O/c1-7-8(6-12-13(7)2)9(5-10)11-3-4-14/h6,9,11,14H,3-5,10H2,1-2H3. The average Bonchev–Trinajstić information content (AvgIpc) is 2.51. The summed E-state index contributed by atoms with van der Waals surface area (Å²) in [5, 5.41) is 16.0. The minimum absolute atomic E-state index is 0.0795. The molecule has 0 fully saturated rings. The van der Waals surface area contributed by atoms with Gasteiger partial charge < -0.3 is 16.2 Å². The summed E-state index contributed by atoms with van der Waals surface area (Å²) in [5.41, 5.74) is 7.85. The van der Waals surface area contributed by atoms with Crippen LogP contribution < -0.4 is 11.1 Å². The molecule has 0 saturated heterocycles. The van der Waals surface area contributed by atoms with Gasteiger partial charge in [0.15, 0.2) is 0 Å². The fraction of sp³-hybridized carbons (Fsp3) is 0.667. The third kappa shape index (κ3) is 2.31. The van der Waals surface area contributed by atoms with E-state index in [1.165, 1.54) is 0 Å². The third-order valence-electron chi connectivity index (χ3n) is 2.39. The molecule has 0 aliphatic heterocycles. The maximum absolute atomic E-state index is 8.71. The van der Waals surface area contributed by atoms with E-state index in [1.807, 2.05) is 24.9 Å². The SMILES string of the molecule is Cc1c(C(CN)NCCO)cnn1C. The van der Waals surface area contributed by atoms with Crippen molar-refractivity contribution in [3.05, 3.63) is 17.5 Å². The summed E-state index contributed by atoms with van der Waals surface area (Å²) in [6, 6.07) is 0.0795. The molecule has 0 radical (unpaired) electrons. The van der Waals surface area contributed by atoms with Crippen molar-refractivity contribution >= 4 is 0 Å². The van der Waals surface area contributed by atoms with Gasteiger partial charge in [-0.1, -0.05) is 0 Å². The Morgan fingerprint density at radius 2 is 2.43 bits per heavy atom. The molecular formula is C9H18N4O. The molecule has 0 saturated carbocycles. The number of rotatable bonds is 5. The van der Waals surface area contributed by atoms with E-state index in [2.05, 4.69) is 10.4 Å². The fourth-order valence-electron chi connectivity index (χ4n) is 1.42. The predicted molar refractivity (Wildman–Crippen MR) is 54.8 cm³/mol. The normalized spacial score (nSPS) is 13.1. The summed E-state index contributed by atoms with van der Waals surface area (Å²) in [7, 11) is 1.90. The summed E-state index contributed by atoms with van der Waals surface area (Å²) >= 11 is 0. The van der Waals surface area contributed by atoms with E-state index in [9.17, 15) is 0 Å². The zero-order valence-corrected chi connectivity index (χ0v) is 8.70. The maximum atomic E-state index is 8.71. The van der Waals surface area contributed by atoms with Gasteiger partial charge in [-0.15, -0.1) is 0 Å². The van der Waals surface area contributed by atoms with Crippen molar-refractivity contribution in [3.8, 4) is 0 Å². The Kier molecular flexibility index (Phi) is 4.06. The Morgan fingerprint density at radius 1 is 1.71 bits per heavy atom. The van der Waals surface area contributed by atoms with Crippen molar-refractivity contribution in [1.29, 1.82) is 0 Å². The van der Waals surface area contributed by atoms with Gasteiger partial charge in [0.2, 0.25) is 0 Å². The molecule has 1 heterocycles. The Morgan fingerprint density at radius 3 is 2.86 bits per heavy atom. The van der Waals surface area contributed by atoms with Crippen LogP contribution in [0.2, 0.25) is 0 Å². The molecule has 1 aromatic rings. The summed E-state index contributed by atoms with van der Waals surface area (Å²) < 4.78 is 1.82. The van der Waals surface area contributed by atoms with E-state index in [0.29, 0.717) is 13.1 Å². The first-order chi connectivity index (χ1) is 6.70. The first-order valence-electron chi connectivity index (χ1n) is 4.73. The monoisotopic (exact) mass is 198 g/mol. The lowest BCUT2D eigenvalue weighted by molar-refractivity contribution is 0.285. The van der Waals surface area contributed by atoms with Crippen LogP contribution in [0, 0.1) is 6.92 Å². The number of nitrogens with zero attached hydrogens (tertiary/aromatic N) is 2. The largest absolute Gasteiger partial charge is 0.395 e. The van der Waals surface area contributed by atoms with Crippen molar-refractivity contribution in [2.45, 2.75) is 13.0 Å². The number of aliphatic hydroxyl groups is 1. The van der Waals surface area contributed by atoms with Gasteiger partial charge in [0.05, 0.1) is 12.8 Å². The number of aromatic nitrogens is 2. The van der Waals surface area contributed by atoms with E-state index in [4.69, 9.17) is 10.8 Å². The molecule has 1 rings (SSSR count). The summed E-state index contributed by atoms with van der Waals surface area (Å²) in [5.74, 6) is 0. The lowest BCUT2D eigenvalue weighted by Gasteiger charge is -2.15. The van der Waals surface area contributed by atoms with Crippen LogP contribution in [0.15, 0.2) is 6.20 Å². The van der Waals surface area contributed by atoms with Crippen LogP contribution in [0.4, 0.5) is 0 Å². The molecule has 0 aliphatic carbocycles. The van der Waals surface area contributed by atoms with E-state index >= 15 is 0 Å². The Hall–Kier alpha value is -0.910. The van der Waals surface area contributed by atoms with E-state index < -0.39 is 0 Å². The quantitative estimate of drug-likeness (QED) is 0.585. The highest BCUT2D eigenvalue weighted by Crippen LogP contribution is 2.14. The van der Waals surface area contributed by atoms with E-state index in [1.54, 1.807) is 0 Å². The van der Waals surface area contributed by atoms with Crippen LogP contribution in [-0.2, 0) is 7.05 Å². The van der Waals surface area contributed by atoms with Crippen LogP contribution in [0.3, 0.4) is 0 Å². The molecule has 4 N–H and O–H groups in total. The highest BCUT2D eigenvalue weighted by molar-refractivity contribution is 5.20. The molecule has 0 amide bonds. The van der Waals surface area contributed by atoms with Gasteiger partial charge in [0, 0.05) is 37.4 Å². The zero-order chi connectivity index (χ0) is 10.6. The Balaban J connectivity index is 2.73. The van der Waals surface area contributed by atoms with Crippen molar-refractivity contribution in [1.82, 2.24) is 15.1 Å². The summed E-state index contributed by atoms with van der Waals surface area (Å²) in [6.07, 6.45) is 1.82. The lowest BCUT2D eigenvalue weighted by atomic mass is 10.1. The second kappa shape index (κ2) is 5.09. The van der Waals surface area contributed by atoms with Crippen molar-refractivity contribution in [2.75, 3.05) is 19.7 Å². The second-order valence-corrected chi connectivity index (χ2v) is 3.27. The molecular weight excluding hydrogens is 180 g/mol. The highest BCUT2D eigenvalue weighted by Gasteiger charge is 2.13. The number of aliphatic hydroxyl groups excluding tert-OH is 1. The Bertz CT molecular complexity index is 284. The maximum Gasteiger partial charge on any atom is 0.0556 e. The fourth-order valence-corrected chi connectivity index (χ4v) is 1.42. The molecule has 1 unspecified atom stereocenters. The molecule has 0 bridgehead atoms. The first-order valence-corrected chi connectivity index (χ1v) is 4.73. The van der Waals surface area contributed by atoms with Crippen molar-refractivity contribution in [2.24, 2.45) is 12.8 Å². The molecule has 1 aromatic heterocycles. The average molecular weight is 198 g/mol. The zero-order valence-electron chi connectivity index (χ0n) is 8.70. The third-order valence-corrected chi connectivity index (χ3v) is 2.39. The van der Waals surface area contributed by atoms with Crippen LogP contribution >= 0.6 is 0 Å². The van der Waals surface area contributed by atoms with Gasteiger partial charge in [-0.3, -0.25) is 4.68 Å². The van der Waals surface area contributed by atoms with Gasteiger partial charge in [0.25, 0.3) is 0 Å². The molecule has 80 valence electrons. The molecule has 0 aliphatic rings. The van der Waals surface area contributed by atoms with Crippen molar-refractivity contribution in [3.63, 3.8) is 0 Å². The van der Waals surface area contributed by atoms with Gasteiger partial charge in [0.1, 0.15) is 0 Å². The topological polar surface area (TPSA) is 76.1 Å². The van der Waals surface area contributed by atoms with Gasteiger partial charge in [-0.05, 0) is 6.92 Å². The minimum Gasteiger partial charge on any atom is -0.395 e. The van der Waals surface area contributed by atoms with Gasteiger partial charge in [-0.2, -0.15) is 5.10 Å². The van der Waals surface area contributed by atoms with Gasteiger partial charge in [-0.25, -0.2) is 0 Å². The van der Waals surface area contributed by atoms with Crippen molar-refractivity contribution < 1.29 is 5.11 Å². The smallest absolute Gasteiger partial charge is 0.0556 e. The highest BCUT2D eigenvalue weighted by atomic mass is 16.3. The van der Waals surface area contributed by atoms with Gasteiger partial charge >= 0.3 is 0 Å². The predicted octanol–water partition coefficient (Wildman–Crippen LogP) is -0.690. The van der Waals surface area contributed by atoms with E-state index in [0.717, 1.165) is 11.3 Å². The lowest BCUT2D eigenvalue weighted by Crippen LogP contribution is -2.30. The minimum atomic E-state index is 0.0795. The van der Waals surface area contributed by atoms with Crippen LogP contribution in [-0.4, -0.2) is 34.6 Å². The number of nitrogens with two attached hydrogens (primary N) is 1. The number of aryl methyl sites for hydroxylation is 1. The van der Waals surface area contributed by atoms with Crippen LogP contribution in [0.25, 0.3) is 0 Å². The number of nitrogens with one attached hydrogen (secondary N) is 1. The molecule has 14 heavy (non-hydrogen) atoms. The molecule has 5 heteroatoms. The second-order valence-electron chi connectivity index (χ2n) is 3.27. The Labute approximate surface area is 83.9 Å². The first kappa shape index (κ1) is 11.2. The number of hydrogen-bond donors (Lipinski definition) is 3. The van der Waals surface area contributed by atoms with E-state index in [-0.39, 0.29) is 12.6 Å². The van der Waals surface area contributed by atoms with Crippen LogP contribution in [0.5, 0.6) is 0 Å². The summed E-state index contributed by atoms with van der Waals surface area (Å²) in [4.78, 5) is 0. The summed E-state index contributed by atoms with van der Waals surface area (Å²) in [6.45, 7) is 3.18. The number of hydrogen-bond acceptors (Lipinski definition) is 4.